The number of carbonyl (C=O) groups is 2. The summed E-state index contributed by atoms with van der Waals surface area (Å²) in [5.41, 5.74) is -0.243. The molecule has 0 N–H and O–H groups in total. The summed E-state index contributed by atoms with van der Waals surface area (Å²) in [4.78, 5) is 29.6. The minimum atomic E-state index is -0.243. The summed E-state index contributed by atoms with van der Waals surface area (Å²) in [6.07, 6.45) is 10.6. The van der Waals surface area contributed by atoms with Gasteiger partial charge in [-0.2, -0.15) is 0 Å². The fourth-order valence-electron chi connectivity index (χ4n) is 5.94. The number of fused-ring (bicyclic) bond motifs is 2. The van der Waals surface area contributed by atoms with Crippen LogP contribution in [0.4, 0.5) is 0 Å². The quantitative estimate of drug-likeness (QED) is 0.722. The summed E-state index contributed by atoms with van der Waals surface area (Å²) in [5.74, 6) is 1.00. The largest absolute Gasteiger partial charge is 0.459 e. The van der Waals surface area contributed by atoms with Crippen molar-refractivity contribution in [2.75, 3.05) is 33.2 Å². The Bertz CT molecular complexity index is 535. The Morgan fingerprint density at radius 1 is 1.12 bits per heavy atom. The molecule has 4 fully saturated rings. The zero-order chi connectivity index (χ0) is 18.1. The maximum Gasteiger partial charge on any atom is 0.309 e. The maximum absolute atomic E-state index is 12.9. The van der Waals surface area contributed by atoms with Gasteiger partial charge in [-0.15, -0.1) is 0 Å². The molecule has 146 valence electrons. The number of likely N-dealkylation sites (N-methyl/N-ethyl adjacent to an activating group) is 1. The van der Waals surface area contributed by atoms with E-state index in [0.29, 0.717) is 11.8 Å². The van der Waals surface area contributed by atoms with Crippen LogP contribution in [-0.4, -0.2) is 60.5 Å². The van der Waals surface area contributed by atoms with Gasteiger partial charge in [-0.3, -0.25) is 9.59 Å². The molecule has 4 aliphatic rings. The molecule has 26 heavy (non-hydrogen) atoms. The molecule has 0 bridgehead atoms. The van der Waals surface area contributed by atoms with Gasteiger partial charge in [0, 0.05) is 32.0 Å². The summed E-state index contributed by atoms with van der Waals surface area (Å²) >= 11 is 0. The molecule has 0 aromatic carbocycles. The molecule has 1 spiro atoms. The lowest BCUT2D eigenvalue weighted by Gasteiger charge is -2.41. The standard InChI is InChI=1S/C21H34N2O3/c1-22(14-15-23-12-4-5-13-23)19(24)16-8-10-21(11-9-16)18-7-3-2-6-17(18)20(25)26-21/h16-18H,2-15H2,1H3/t16?,17?,18-,21?/m1/s1. The molecule has 0 aromatic heterocycles. The van der Waals surface area contributed by atoms with E-state index >= 15 is 0 Å². The van der Waals surface area contributed by atoms with Crippen molar-refractivity contribution in [3.63, 3.8) is 0 Å². The monoisotopic (exact) mass is 362 g/mol. The summed E-state index contributed by atoms with van der Waals surface area (Å²) in [5, 5.41) is 0. The van der Waals surface area contributed by atoms with Crippen LogP contribution in [0.1, 0.15) is 64.2 Å². The average Bonchev–Trinajstić information content (AvgIpc) is 3.28. The Kier molecular flexibility index (Phi) is 5.27. The first-order valence-corrected chi connectivity index (χ1v) is 10.8. The van der Waals surface area contributed by atoms with E-state index in [2.05, 4.69) is 4.90 Å². The van der Waals surface area contributed by atoms with E-state index in [0.717, 1.165) is 58.0 Å². The molecule has 2 heterocycles. The van der Waals surface area contributed by atoms with E-state index in [1.165, 1.54) is 32.4 Å². The molecule has 2 saturated heterocycles. The third-order valence-electron chi connectivity index (χ3n) is 7.56. The van der Waals surface area contributed by atoms with Crippen LogP contribution in [0.5, 0.6) is 0 Å². The highest BCUT2D eigenvalue weighted by atomic mass is 16.6. The molecule has 5 heteroatoms. The molecule has 0 radical (unpaired) electrons. The number of likely N-dealkylation sites (tertiary alicyclic amines) is 1. The smallest absolute Gasteiger partial charge is 0.309 e. The zero-order valence-corrected chi connectivity index (χ0v) is 16.3. The highest BCUT2D eigenvalue weighted by molar-refractivity contribution is 5.79. The van der Waals surface area contributed by atoms with Crippen molar-refractivity contribution in [3.8, 4) is 0 Å². The van der Waals surface area contributed by atoms with Gasteiger partial charge in [0.25, 0.3) is 0 Å². The lowest BCUT2D eigenvalue weighted by molar-refractivity contribution is -0.155. The molecule has 0 aromatic rings. The predicted octanol–water partition coefficient (Wildman–Crippen LogP) is 2.83. The van der Waals surface area contributed by atoms with Gasteiger partial charge in [0.15, 0.2) is 0 Å². The Labute approximate surface area is 157 Å². The van der Waals surface area contributed by atoms with Gasteiger partial charge in [-0.1, -0.05) is 12.8 Å². The van der Waals surface area contributed by atoms with Crippen molar-refractivity contribution in [2.24, 2.45) is 17.8 Å². The van der Waals surface area contributed by atoms with Crippen LogP contribution >= 0.6 is 0 Å². The van der Waals surface area contributed by atoms with Crippen LogP contribution in [0.3, 0.4) is 0 Å². The number of ether oxygens (including phenoxy) is 1. The third-order valence-corrected chi connectivity index (χ3v) is 7.56. The normalized spacial score (nSPS) is 37.6. The van der Waals surface area contributed by atoms with Crippen LogP contribution in [0, 0.1) is 17.8 Å². The molecule has 2 atom stereocenters. The minimum absolute atomic E-state index is 0.0437. The SMILES string of the molecule is CN(CCN1CCCC1)C(=O)C1CCC2(CC1)OC(=O)C1CCCC[C@H]12. The number of carbonyl (C=O) groups excluding carboxylic acids is 2. The molecule has 2 saturated carbocycles. The third kappa shape index (κ3) is 3.39. The van der Waals surface area contributed by atoms with Crippen molar-refractivity contribution in [1.29, 1.82) is 0 Å². The number of amides is 1. The molecular formula is C21H34N2O3. The van der Waals surface area contributed by atoms with Gasteiger partial charge >= 0.3 is 5.97 Å². The lowest BCUT2D eigenvalue weighted by Crippen LogP contribution is -2.45. The van der Waals surface area contributed by atoms with Gasteiger partial charge in [-0.05, 0) is 64.5 Å². The number of esters is 1. The Morgan fingerprint density at radius 2 is 1.81 bits per heavy atom. The van der Waals surface area contributed by atoms with Crippen molar-refractivity contribution < 1.29 is 14.3 Å². The molecule has 2 aliphatic heterocycles. The van der Waals surface area contributed by atoms with Crippen LogP contribution in [-0.2, 0) is 14.3 Å². The first-order valence-electron chi connectivity index (χ1n) is 10.8. The Balaban J connectivity index is 1.30. The molecule has 2 aliphatic carbocycles. The van der Waals surface area contributed by atoms with E-state index in [9.17, 15) is 9.59 Å². The average molecular weight is 363 g/mol. The molecule has 5 nitrogen and oxygen atoms in total. The van der Waals surface area contributed by atoms with E-state index in [1.54, 1.807) is 0 Å². The van der Waals surface area contributed by atoms with Gasteiger partial charge in [0.05, 0.1) is 5.92 Å². The van der Waals surface area contributed by atoms with Crippen LogP contribution in [0.2, 0.25) is 0 Å². The van der Waals surface area contributed by atoms with Crippen LogP contribution < -0.4 is 0 Å². The highest BCUT2D eigenvalue weighted by Crippen LogP contribution is 2.53. The Hall–Kier alpha value is -1.10. The second-order valence-electron chi connectivity index (χ2n) is 9.07. The van der Waals surface area contributed by atoms with E-state index in [1.807, 2.05) is 11.9 Å². The molecule has 1 amide bonds. The first-order chi connectivity index (χ1) is 12.6. The summed E-state index contributed by atoms with van der Waals surface area (Å²) in [6.45, 7) is 4.20. The minimum Gasteiger partial charge on any atom is -0.459 e. The van der Waals surface area contributed by atoms with E-state index in [-0.39, 0.29) is 23.4 Å². The van der Waals surface area contributed by atoms with E-state index in [4.69, 9.17) is 4.74 Å². The van der Waals surface area contributed by atoms with Crippen molar-refractivity contribution in [2.45, 2.75) is 69.8 Å². The summed E-state index contributed by atoms with van der Waals surface area (Å²) in [6, 6.07) is 0. The lowest BCUT2D eigenvalue weighted by atomic mass is 9.65. The molecule has 4 rings (SSSR count). The Morgan fingerprint density at radius 3 is 2.54 bits per heavy atom. The predicted molar refractivity (Wildman–Crippen MR) is 99.5 cm³/mol. The van der Waals surface area contributed by atoms with Crippen molar-refractivity contribution >= 4 is 11.9 Å². The highest BCUT2D eigenvalue weighted by Gasteiger charge is 2.56. The van der Waals surface area contributed by atoms with Gasteiger partial charge in [0.2, 0.25) is 5.91 Å². The second kappa shape index (κ2) is 7.49. The van der Waals surface area contributed by atoms with Crippen molar-refractivity contribution in [1.82, 2.24) is 9.80 Å². The van der Waals surface area contributed by atoms with Gasteiger partial charge in [0.1, 0.15) is 5.60 Å². The van der Waals surface area contributed by atoms with Crippen LogP contribution in [0.15, 0.2) is 0 Å². The molecular weight excluding hydrogens is 328 g/mol. The summed E-state index contributed by atoms with van der Waals surface area (Å²) < 4.78 is 5.97. The fourth-order valence-corrected chi connectivity index (χ4v) is 5.94. The van der Waals surface area contributed by atoms with Crippen LogP contribution in [0.25, 0.3) is 0 Å². The first kappa shape index (κ1) is 18.3. The van der Waals surface area contributed by atoms with Gasteiger partial charge < -0.3 is 14.5 Å². The van der Waals surface area contributed by atoms with Crippen molar-refractivity contribution in [3.05, 3.63) is 0 Å². The topological polar surface area (TPSA) is 49.9 Å². The number of hydrogen-bond acceptors (Lipinski definition) is 4. The number of hydrogen-bond donors (Lipinski definition) is 0. The fraction of sp³-hybridized carbons (Fsp3) is 0.905. The second-order valence-corrected chi connectivity index (χ2v) is 9.07. The number of nitrogens with zero attached hydrogens (tertiary/aromatic N) is 2. The maximum atomic E-state index is 12.9. The molecule has 1 unspecified atom stereocenters. The van der Waals surface area contributed by atoms with Gasteiger partial charge in [-0.25, -0.2) is 0 Å². The van der Waals surface area contributed by atoms with E-state index < -0.39 is 0 Å². The summed E-state index contributed by atoms with van der Waals surface area (Å²) in [7, 11) is 1.95. The number of rotatable bonds is 4. The zero-order valence-electron chi connectivity index (χ0n) is 16.3.